The SMILES string of the molecule is C[C@H](CNC(=O)c1n[nH]c2c1CCCC2)Oc1cccc(CN(C)Cc2ccoc2)c1. The number of carbonyl (C=O) groups excluding carboxylic acids is 1. The molecular weight excluding hydrogens is 392 g/mol. The second-order valence-electron chi connectivity index (χ2n) is 8.33. The van der Waals surface area contributed by atoms with Gasteiger partial charge in [0.15, 0.2) is 5.69 Å². The third-order valence-corrected chi connectivity index (χ3v) is 5.54. The number of rotatable bonds is 9. The Labute approximate surface area is 182 Å². The van der Waals surface area contributed by atoms with Crippen molar-refractivity contribution in [1.29, 1.82) is 0 Å². The number of aromatic nitrogens is 2. The Morgan fingerprint density at radius 3 is 2.94 bits per heavy atom. The van der Waals surface area contributed by atoms with E-state index in [9.17, 15) is 4.79 Å². The van der Waals surface area contributed by atoms with E-state index >= 15 is 0 Å². The van der Waals surface area contributed by atoms with Crippen molar-refractivity contribution in [2.24, 2.45) is 0 Å². The molecular formula is C24H30N4O3. The lowest BCUT2D eigenvalue weighted by Gasteiger charge is -2.18. The van der Waals surface area contributed by atoms with Crippen LogP contribution in [-0.4, -0.2) is 40.7 Å². The molecule has 2 N–H and O–H groups in total. The molecule has 0 unspecified atom stereocenters. The van der Waals surface area contributed by atoms with Gasteiger partial charge in [0.2, 0.25) is 0 Å². The molecule has 1 aromatic carbocycles. The minimum atomic E-state index is -0.155. The molecule has 7 heteroatoms. The number of ether oxygens (including phenoxy) is 1. The molecule has 0 aliphatic heterocycles. The quantitative estimate of drug-likeness (QED) is 0.549. The zero-order valence-corrected chi connectivity index (χ0v) is 18.2. The van der Waals surface area contributed by atoms with Gasteiger partial charge in [-0.2, -0.15) is 5.10 Å². The molecule has 0 saturated carbocycles. The maximum atomic E-state index is 12.6. The van der Waals surface area contributed by atoms with Crippen molar-refractivity contribution in [3.05, 3.63) is 70.9 Å². The molecule has 4 rings (SSSR count). The number of amides is 1. The van der Waals surface area contributed by atoms with Gasteiger partial charge in [0.25, 0.3) is 5.91 Å². The van der Waals surface area contributed by atoms with Crippen LogP contribution in [0, 0.1) is 0 Å². The summed E-state index contributed by atoms with van der Waals surface area (Å²) < 4.78 is 11.2. The molecule has 0 fully saturated rings. The number of aromatic amines is 1. The van der Waals surface area contributed by atoms with Crippen LogP contribution in [0.4, 0.5) is 0 Å². The Morgan fingerprint density at radius 2 is 2.10 bits per heavy atom. The Balaban J connectivity index is 1.27. The summed E-state index contributed by atoms with van der Waals surface area (Å²) >= 11 is 0. The van der Waals surface area contributed by atoms with Crippen molar-refractivity contribution < 1.29 is 13.9 Å². The Hall–Kier alpha value is -3.06. The van der Waals surface area contributed by atoms with E-state index in [0.29, 0.717) is 12.2 Å². The maximum Gasteiger partial charge on any atom is 0.272 e. The van der Waals surface area contributed by atoms with E-state index in [4.69, 9.17) is 9.15 Å². The van der Waals surface area contributed by atoms with Crippen LogP contribution >= 0.6 is 0 Å². The van der Waals surface area contributed by atoms with Crippen LogP contribution in [0.5, 0.6) is 5.75 Å². The first-order valence-electron chi connectivity index (χ1n) is 10.9. The van der Waals surface area contributed by atoms with Gasteiger partial charge in [-0.05, 0) is 63.4 Å². The molecule has 0 bridgehead atoms. The van der Waals surface area contributed by atoms with Gasteiger partial charge in [0.05, 0.1) is 19.1 Å². The predicted octanol–water partition coefficient (Wildman–Crippen LogP) is 3.71. The molecule has 1 amide bonds. The number of H-pyrrole nitrogens is 1. The highest BCUT2D eigenvalue weighted by Crippen LogP contribution is 2.22. The van der Waals surface area contributed by atoms with Gasteiger partial charge < -0.3 is 14.5 Å². The molecule has 2 aromatic heterocycles. The molecule has 0 saturated heterocycles. The van der Waals surface area contributed by atoms with Gasteiger partial charge in [-0.15, -0.1) is 0 Å². The third-order valence-electron chi connectivity index (χ3n) is 5.54. The van der Waals surface area contributed by atoms with E-state index in [1.165, 1.54) is 5.56 Å². The lowest BCUT2D eigenvalue weighted by atomic mass is 9.96. The molecule has 164 valence electrons. The zero-order chi connectivity index (χ0) is 21.6. The van der Waals surface area contributed by atoms with Crippen molar-refractivity contribution in [3.8, 4) is 5.75 Å². The first-order chi connectivity index (χ1) is 15.1. The molecule has 2 heterocycles. The van der Waals surface area contributed by atoms with Crippen LogP contribution in [-0.2, 0) is 25.9 Å². The first kappa shape index (κ1) is 21.2. The number of furan rings is 1. The van der Waals surface area contributed by atoms with Crippen LogP contribution in [0.15, 0.2) is 47.3 Å². The van der Waals surface area contributed by atoms with Crippen molar-refractivity contribution in [3.63, 3.8) is 0 Å². The smallest absolute Gasteiger partial charge is 0.272 e. The number of hydrogen-bond donors (Lipinski definition) is 2. The number of hydrogen-bond acceptors (Lipinski definition) is 5. The second-order valence-corrected chi connectivity index (χ2v) is 8.33. The van der Waals surface area contributed by atoms with E-state index in [-0.39, 0.29) is 12.0 Å². The van der Waals surface area contributed by atoms with E-state index in [1.807, 2.05) is 31.2 Å². The highest BCUT2D eigenvalue weighted by molar-refractivity contribution is 5.94. The average molecular weight is 423 g/mol. The van der Waals surface area contributed by atoms with Crippen molar-refractivity contribution in [2.75, 3.05) is 13.6 Å². The van der Waals surface area contributed by atoms with E-state index in [0.717, 1.165) is 61.3 Å². The Morgan fingerprint density at radius 1 is 1.26 bits per heavy atom. The molecule has 0 radical (unpaired) electrons. The van der Waals surface area contributed by atoms with Gasteiger partial charge in [0.1, 0.15) is 11.9 Å². The number of fused-ring (bicyclic) bond motifs is 1. The first-order valence-corrected chi connectivity index (χ1v) is 10.9. The highest BCUT2D eigenvalue weighted by Gasteiger charge is 2.22. The van der Waals surface area contributed by atoms with E-state index in [2.05, 4.69) is 33.5 Å². The van der Waals surface area contributed by atoms with Crippen molar-refractivity contribution >= 4 is 5.91 Å². The monoisotopic (exact) mass is 422 g/mol. The van der Waals surface area contributed by atoms with Crippen molar-refractivity contribution in [2.45, 2.75) is 51.8 Å². The summed E-state index contributed by atoms with van der Waals surface area (Å²) in [6.45, 7) is 4.00. The fourth-order valence-electron chi connectivity index (χ4n) is 4.04. The number of carbonyl (C=O) groups is 1. The normalized spacial score (nSPS) is 14.3. The molecule has 3 aromatic rings. The van der Waals surface area contributed by atoms with Crippen molar-refractivity contribution in [1.82, 2.24) is 20.4 Å². The molecule has 0 spiro atoms. The van der Waals surface area contributed by atoms with E-state index < -0.39 is 0 Å². The highest BCUT2D eigenvalue weighted by atomic mass is 16.5. The molecule has 1 atom stereocenters. The summed E-state index contributed by atoms with van der Waals surface area (Å²) in [5, 5.41) is 10.2. The van der Waals surface area contributed by atoms with Gasteiger partial charge in [0, 0.05) is 29.9 Å². The molecule has 1 aliphatic carbocycles. The van der Waals surface area contributed by atoms with Crippen LogP contribution in [0.3, 0.4) is 0 Å². The number of nitrogens with one attached hydrogen (secondary N) is 2. The summed E-state index contributed by atoms with van der Waals surface area (Å²) in [4.78, 5) is 14.8. The van der Waals surface area contributed by atoms with Crippen LogP contribution < -0.4 is 10.1 Å². The Kier molecular flexibility index (Phi) is 6.72. The lowest BCUT2D eigenvalue weighted by Crippen LogP contribution is -2.34. The summed E-state index contributed by atoms with van der Waals surface area (Å²) in [6, 6.07) is 10.1. The zero-order valence-electron chi connectivity index (χ0n) is 18.2. The molecule has 1 aliphatic rings. The molecule has 7 nitrogen and oxygen atoms in total. The minimum Gasteiger partial charge on any atom is -0.489 e. The topological polar surface area (TPSA) is 83.4 Å². The van der Waals surface area contributed by atoms with Gasteiger partial charge in [-0.3, -0.25) is 14.8 Å². The van der Waals surface area contributed by atoms with Crippen LogP contribution in [0.1, 0.15) is 52.6 Å². The number of aryl methyl sites for hydroxylation is 1. The fraction of sp³-hybridized carbons (Fsp3) is 0.417. The average Bonchev–Trinajstić information content (AvgIpc) is 3.42. The Bertz CT molecular complexity index is 996. The summed E-state index contributed by atoms with van der Waals surface area (Å²) in [5.74, 6) is 0.664. The van der Waals surface area contributed by atoms with Gasteiger partial charge >= 0.3 is 0 Å². The summed E-state index contributed by atoms with van der Waals surface area (Å²) in [7, 11) is 2.08. The van der Waals surface area contributed by atoms with Crippen LogP contribution in [0.25, 0.3) is 0 Å². The fourth-order valence-corrected chi connectivity index (χ4v) is 4.04. The largest absolute Gasteiger partial charge is 0.489 e. The van der Waals surface area contributed by atoms with Crippen LogP contribution in [0.2, 0.25) is 0 Å². The maximum absolute atomic E-state index is 12.6. The van der Waals surface area contributed by atoms with E-state index in [1.54, 1.807) is 12.5 Å². The molecule has 31 heavy (non-hydrogen) atoms. The number of nitrogens with zero attached hydrogens (tertiary/aromatic N) is 2. The van der Waals surface area contributed by atoms with Gasteiger partial charge in [-0.25, -0.2) is 0 Å². The lowest BCUT2D eigenvalue weighted by molar-refractivity contribution is 0.0926. The minimum absolute atomic E-state index is 0.135. The summed E-state index contributed by atoms with van der Waals surface area (Å²) in [5.41, 5.74) is 5.03. The predicted molar refractivity (Wildman–Crippen MR) is 118 cm³/mol. The number of benzene rings is 1. The standard InChI is InChI=1S/C24H30N4O3/c1-17(13-25-24(29)23-21-8-3-4-9-22(21)26-27-23)31-20-7-5-6-18(12-20)14-28(2)15-19-10-11-30-16-19/h5-7,10-12,16-17H,3-4,8-9,13-15H2,1-2H3,(H,25,29)(H,26,27)/t17-/m1/s1. The second kappa shape index (κ2) is 9.83. The third kappa shape index (κ3) is 5.55. The summed E-state index contributed by atoms with van der Waals surface area (Å²) in [6.07, 6.45) is 7.46. The van der Waals surface area contributed by atoms with Gasteiger partial charge in [-0.1, -0.05) is 12.1 Å².